The maximum absolute atomic E-state index is 11.3. The molecule has 0 saturated carbocycles. The minimum absolute atomic E-state index is 0.0139. The quantitative estimate of drug-likeness (QED) is 0.329. The Kier molecular flexibility index (Phi) is 5.58. The van der Waals surface area contributed by atoms with E-state index in [1.54, 1.807) is 30.3 Å². The van der Waals surface area contributed by atoms with Crippen LogP contribution in [0.4, 0.5) is 5.69 Å². The van der Waals surface area contributed by atoms with Gasteiger partial charge in [-0.3, -0.25) is 20.4 Å². The highest BCUT2D eigenvalue weighted by atomic mass is 16.5. The molecule has 25 heavy (non-hydrogen) atoms. The molecule has 0 radical (unpaired) electrons. The lowest BCUT2D eigenvalue weighted by Crippen LogP contribution is -2.31. The normalized spacial score (nSPS) is 17.0. The maximum atomic E-state index is 11.3. The SMILES string of the molecule is CC(=O)OC(=N)/C(C#N)=N\Nc1ccc(C2=NNC(=O)C[C@H]2C)cc1. The lowest BCUT2D eigenvalue weighted by atomic mass is 9.94. The van der Waals surface area contributed by atoms with Gasteiger partial charge in [0.05, 0.1) is 11.4 Å². The first-order valence-corrected chi connectivity index (χ1v) is 7.38. The second-order valence-corrected chi connectivity index (χ2v) is 5.32. The Labute approximate surface area is 143 Å². The molecule has 0 saturated heterocycles. The first-order chi connectivity index (χ1) is 11.9. The summed E-state index contributed by atoms with van der Waals surface area (Å²) in [5, 5.41) is 24.2. The Morgan fingerprint density at radius 2 is 2.16 bits per heavy atom. The van der Waals surface area contributed by atoms with Gasteiger partial charge in [0.25, 0.3) is 5.90 Å². The number of benzene rings is 1. The average Bonchev–Trinajstić information content (AvgIpc) is 2.55. The second-order valence-electron chi connectivity index (χ2n) is 5.32. The van der Waals surface area contributed by atoms with Crippen molar-refractivity contribution >= 4 is 34.9 Å². The van der Waals surface area contributed by atoms with Gasteiger partial charge in [0, 0.05) is 19.3 Å². The van der Waals surface area contributed by atoms with Gasteiger partial charge in [-0.05, 0) is 17.7 Å². The smallest absolute Gasteiger partial charge is 0.309 e. The summed E-state index contributed by atoms with van der Waals surface area (Å²) in [5.41, 5.74) is 6.94. The van der Waals surface area contributed by atoms with Crippen LogP contribution in [-0.4, -0.2) is 29.2 Å². The molecule has 1 amide bonds. The van der Waals surface area contributed by atoms with E-state index >= 15 is 0 Å². The van der Waals surface area contributed by atoms with E-state index in [0.717, 1.165) is 18.2 Å². The number of nitrogens with zero attached hydrogens (tertiary/aromatic N) is 3. The number of carbonyl (C=O) groups is 2. The van der Waals surface area contributed by atoms with Crippen molar-refractivity contribution in [1.29, 1.82) is 10.7 Å². The summed E-state index contributed by atoms with van der Waals surface area (Å²) in [7, 11) is 0. The zero-order valence-corrected chi connectivity index (χ0v) is 13.7. The summed E-state index contributed by atoms with van der Waals surface area (Å²) in [4.78, 5) is 22.1. The van der Waals surface area contributed by atoms with Crippen LogP contribution in [0.3, 0.4) is 0 Å². The Bertz CT molecular complexity index is 804. The highest BCUT2D eigenvalue weighted by Crippen LogP contribution is 2.18. The molecule has 9 heteroatoms. The maximum Gasteiger partial charge on any atom is 0.309 e. The van der Waals surface area contributed by atoms with Gasteiger partial charge in [-0.2, -0.15) is 15.5 Å². The Hall–Kier alpha value is -3.54. The number of amides is 1. The first kappa shape index (κ1) is 17.8. The number of carbonyl (C=O) groups excluding carboxylic acids is 2. The molecule has 1 aliphatic heterocycles. The monoisotopic (exact) mass is 340 g/mol. The molecule has 128 valence electrons. The molecule has 2 rings (SSSR count). The minimum Gasteiger partial charge on any atom is -0.405 e. The van der Waals surface area contributed by atoms with Gasteiger partial charge in [0.15, 0.2) is 0 Å². The molecule has 0 fully saturated rings. The molecular formula is C16H16N6O3. The van der Waals surface area contributed by atoms with Gasteiger partial charge in [-0.25, -0.2) is 5.43 Å². The number of anilines is 1. The number of ether oxygens (including phenoxy) is 1. The van der Waals surface area contributed by atoms with Gasteiger partial charge >= 0.3 is 5.97 Å². The van der Waals surface area contributed by atoms with Gasteiger partial charge in [0.2, 0.25) is 11.6 Å². The van der Waals surface area contributed by atoms with Crippen molar-refractivity contribution in [3.63, 3.8) is 0 Å². The third-order valence-electron chi connectivity index (χ3n) is 3.30. The fourth-order valence-corrected chi connectivity index (χ4v) is 2.16. The van der Waals surface area contributed by atoms with Crippen LogP contribution in [0.25, 0.3) is 0 Å². The molecule has 1 aliphatic rings. The highest BCUT2D eigenvalue weighted by molar-refractivity contribution is 6.45. The summed E-state index contributed by atoms with van der Waals surface area (Å²) in [5.74, 6) is -1.42. The predicted molar refractivity (Wildman–Crippen MR) is 91.1 cm³/mol. The van der Waals surface area contributed by atoms with Crippen LogP contribution in [0, 0.1) is 22.7 Å². The average molecular weight is 340 g/mol. The fourth-order valence-electron chi connectivity index (χ4n) is 2.16. The van der Waals surface area contributed by atoms with E-state index < -0.39 is 11.9 Å². The number of rotatable bonds is 4. The molecule has 1 aromatic rings. The van der Waals surface area contributed by atoms with E-state index in [1.807, 2.05) is 6.92 Å². The van der Waals surface area contributed by atoms with E-state index in [4.69, 9.17) is 10.7 Å². The number of nitriles is 1. The molecule has 1 heterocycles. The van der Waals surface area contributed by atoms with Crippen molar-refractivity contribution in [3.05, 3.63) is 29.8 Å². The van der Waals surface area contributed by atoms with Crippen molar-refractivity contribution in [2.24, 2.45) is 16.1 Å². The molecular weight excluding hydrogens is 324 g/mol. The van der Waals surface area contributed by atoms with Crippen LogP contribution >= 0.6 is 0 Å². The Morgan fingerprint density at radius 3 is 2.72 bits per heavy atom. The molecule has 1 atom stereocenters. The van der Waals surface area contributed by atoms with Crippen molar-refractivity contribution in [2.75, 3.05) is 5.43 Å². The van der Waals surface area contributed by atoms with Crippen LogP contribution < -0.4 is 10.9 Å². The van der Waals surface area contributed by atoms with E-state index in [0.29, 0.717) is 12.1 Å². The second kappa shape index (κ2) is 7.83. The number of hydrogen-bond acceptors (Lipinski definition) is 8. The summed E-state index contributed by atoms with van der Waals surface area (Å²) in [6, 6.07) is 8.71. The highest BCUT2D eigenvalue weighted by Gasteiger charge is 2.21. The largest absolute Gasteiger partial charge is 0.405 e. The summed E-state index contributed by atoms with van der Waals surface area (Å²) >= 11 is 0. The fraction of sp³-hybridized carbons (Fsp3) is 0.250. The lowest BCUT2D eigenvalue weighted by molar-refractivity contribution is -0.132. The third kappa shape index (κ3) is 4.71. The van der Waals surface area contributed by atoms with E-state index in [1.165, 1.54) is 0 Å². The molecule has 0 spiro atoms. The Morgan fingerprint density at radius 1 is 1.48 bits per heavy atom. The van der Waals surface area contributed by atoms with Gasteiger partial charge in [0.1, 0.15) is 6.07 Å². The van der Waals surface area contributed by atoms with Crippen LogP contribution in [0.15, 0.2) is 34.5 Å². The van der Waals surface area contributed by atoms with Gasteiger partial charge in [-0.15, -0.1) is 0 Å². The van der Waals surface area contributed by atoms with Crippen LogP contribution in [-0.2, 0) is 14.3 Å². The van der Waals surface area contributed by atoms with Crippen molar-refractivity contribution < 1.29 is 14.3 Å². The lowest BCUT2D eigenvalue weighted by Gasteiger charge is -2.19. The third-order valence-corrected chi connectivity index (χ3v) is 3.30. The van der Waals surface area contributed by atoms with Gasteiger partial charge < -0.3 is 4.74 Å². The van der Waals surface area contributed by atoms with Crippen molar-refractivity contribution in [2.45, 2.75) is 20.3 Å². The molecule has 3 N–H and O–H groups in total. The summed E-state index contributed by atoms with van der Waals surface area (Å²) in [6.45, 7) is 3.06. The van der Waals surface area contributed by atoms with Crippen molar-refractivity contribution in [1.82, 2.24) is 5.43 Å². The minimum atomic E-state index is -0.702. The number of nitrogens with one attached hydrogen (secondary N) is 3. The molecule has 0 unspecified atom stereocenters. The molecule has 0 aliphatic carbocycles. The molecule has 0 bridgehead atoms. The van der Waals surface area contributed by atoms with Crippen LogP contribution in [0.5, 0.6) is 0 Å². The molecule has 1 aromatic carbocycles. The predicted octanol–water partition coefficient (Wildman–Crippen LogP) is 1.38. The van der Waals surface area contributed by atoms with Crippen LogP contribution in [0.1, 0.15) is 25.8 Å². The zero-order chi connectivity index (χ0) is 18.4. The zero-order valence-electron chi connectivity index (χ0n) is 13.7. The number of hydrazone groups is 2. The first-order valence-electron chi connectivity index (χ1n) is 7.38. The van der Waals surface area contributed by atoms with Crippen molar-refractivity contribution in [3.8, 4) is 6.07 Å². The van der Waals surface area contributed by atoms with Crippen LogP contribution in [0.2, 0.25) is 0 Å². The summed E-state index contributed by atoms with van der Waals surface area (Å²) < 4.78 is 4.51. The van der Waals surface area contributed by atoms with E-state index in [9.17, 15) is 9.59 Å². The molecule has 0 aromatic heterocycles. The topological polar surface area (TPSA) is 140 Å². The summed E-state index contributed by atoms with van der Waals surface area (Å²) in [6.07, 6.45) is 0.382. The van der Waals surface area contributed by atoms with E-state index in [-0.39, 0.29) is 17.5 Å². The van der Waals surface area contributed by atoms with Gasteiger partial charge in [-0.1, -0.05) is 19.1 Å². The standard InChI is InChI=1S/C16H16N6O3/c1-9-7-14(24)21-22-15(9)11-3-5-12(6-4-11)19-20-13(8-17)16(18)25-10(2)23/h3-6,9,18-19H,7H2,1-2H3,(H,21,24)/b18-16?,20-13-/t9-/m1/s1. The number of hydrogen-bond donors (Lipinski definition) is 3. The van der Waals surface area contributed by atoms with E-state index in [2.05, 4.69) is 25.8 Å². The number of esters is 1. The molecule has 9 nitrogen and oxygen atoms in total. The Balaban J connectivity index is 2.09.